The molecule has 0 radical (unpaired) electrons. The SMILES string of the molecule is C[CH]=[Hf]([CH3])([CH3])([CH]1C(C)=Cc2ccccc21)[CH]1C(C)=Cc2ccccc21. The molecule has 0 amide bonds. The van der Waals surface area contributed by atoms with E-state index in [0.29, 0.717) is 7.35 Å². The summed E-state index contributed by atoms with van der Waals surface area (Å²) < 4.78 is 9.28. The molecule has 0 bridgehead atoms. The molecule has 4 rings (SSSR count). The molecule has 1 heteroatoms. The van der Waals surface area contributed by atoms with Crippen molar-refractivity contribution < 1.29 is 18.0 Å². The first-order valence-corrected chi connectivity index (χ1v) is 22.8. The number of rotatable bonds is 2. The van der Waals surface area contributed by atoms with Crippen LogP contribution >= 0.6 is 0 Å². The molecule has 0 N–H and O–H groups in total. The second-order valence-electron chi connectivity index (χ2n) is 8.92. The summed E-state index contributed by atoms with van der Waals surface area (Å²) in [5, 5.41) is 0. The molecule has 2 aromatic rings. The summed E-state index contributed by atoms with van der Waals surface area (Å²) in [6.07, 6.45) is 4.87. The normalized spacial score (nSPS) is 22.2. The topological polar surface area (TPSA) is 0 Å². The van der Waals surface area contributed by atoms with Gasteiger partial charge in [-0.25, -0.2) is 0 Å². The van der Waals surface area contributed by atoms with Crippen molar-refractivity contribution in [3.05, 3.63) is 81.9 Å². The van der Waals surface area contributed by atoms with Crippen molar-refractivity contribution in [2.75, 3.05) is 0 Å². The van der Waals surface area contributed by atoms with E-state index < -0.39 is 18.0 Å². The fourth-order valence-electron chi connectivity index (χ4n) is 5.88. The Morgan fingerprint density at radius 1 is 0.720 bits per heavy atom. The zero-order valence-electron chi connectivity index (χ0n) is 16.0. The van der Waals surface area contributed by atoms with Crippen LogP contribution in [0.5, 0.6) is 0 Å². The second-order valence-corrected chi connectivity index (χ2v) is 34.8. The van der Waals surface area contributed by atoms with E-state index >= 15 is 0 Å². The number of hydrogen-bond donors (Lipinski definition) is 0. The quantitative estimate of drug-likeness (QED) is 0.398. The first-order chi connectivity index (χ1) is 11.9. The van der Waals surface area contributed by atoms with Gasteiger partial charge >= 0.3 is 153 Å². The molecule has 2 aromatic carbocycles. The van der Waals surface area contributed by atoms with E-state index in [1.807, 2.05) is 0 Å². The van der Waals surface area contributed by atoms with Crippen molar-refractivity contribution in [1.29, 1.82) is 0 Å². The zero-order chi connectivity index (χ0) is 17.8. The van der Waals surface area contributed by atoms with Gasteiger partial charge in [-0.05, 0) is 0 Å². The first kappa shape index (κ1) is 17.1. The summed E-state index contributed by atoms with van der Waals surface area (Å²) >= 11 is -3.50. The molecule has 0 aliphatic heterocycles. The van der Waals surface area contributed by atoms with Crippen LogP contribution in [-0.4, -0.2) is 3.76 Å². The summed E-state index contributed by atoms with van der Waals surface area (Å²) in [4.78, 5) is 0. The van der Waals surface area contributed by atoms with E-state index in [0.717, 1.165) is 0 Å². The monoisotopic (exact) mass is 496 g/mol. The Morgan fingerprint density at radius 3 is 1.52 bits per heavy atom. The third-order valence-corrected chi connectivity index (χ3v) is 32.2. The van der Waals surface area contributed by atoms with Crippen molar-refractivity contribution in [2.24, 2.45) is 0 Å². The average Bonchev–Trinajstić information content (AvgIpc) is 3.11. The van der Waals surface area contributed by atoms with E-state index in [9.17, 15) is 0 Å². The van der Waals surface area contributed by atoms with Crippen LogP contribution in [0.15, 0.2) is 59.7 Å². The third kappa shape index (κ3) is 2.31. The van der Waals surface area contributed by atoms with Gasteiger partial charge in [-0.15, -0.1) is 0 Å². The Labute approximate surface area is 152 Å². The van der Waals surface area contributed by atoms with Crippen LogP contribution in [0.25, 0.3) is 12.2 Å². The number of allylic oxidation sites excluding steroid dienone is 2. The van der Waals surface area contributed by atoms with Crippen molar-refractivity contribution in [2.45, 2.75) is 37.5 Å². The molecule has 128 valence electrons. The van der Waals surface area contributed by atoms with Gasteiger partial charge in [0.15, 0.2) is 0 Å². The van der Waals surface area contributed by atoms with E-state index in [4.69, 9.17) is 0 Å². The van der Waals surface area contributed by atoms with Gasteiger partial charge in [-0.3, -0.25) is 0 Å². The maximum absolute atomic E-state index is 3.50. The molecule has 2 unspecified atom stereocenters. The molecule has 2 aliphatic carbocycles. The van der Waals surface area contributed by atoms with E-state index in [1.165, 1.54) is 11.1 Å². The van der Waals surface area contributed by atoms with Gasteiger partial charge in [0.2, 0.25) is 0 Å². The Balaban J connectivity index is 1.99. The predicted octanol–water partition coefficient (Wildman–Crippen LogP) is 6.91. The number of fused-ring (bicyclic) bond motifs is 2. The van der Waals surface area contributed by atoms with Crippen LogP contribution in [0, 0.1) is 0 Å². The molecule has 0 nitrogen and oxygen atoms in total. The van der Waals surface area contributed by atoms with Crippen molar-refractivity contribution in [3.8, 4) is 0 Å². The van der Waals surface area contributed by atoms with E-state index in [1.54, 1.807) is 22.3 Å². The Hall–Kier alpha value is -1.34. The third-order valence-electron chi connectivity index (χ3n) is 7.02. The molecule has 0 fully saturated rings. The summed E-state index contributed by atoms with van der Waals surface area (Å²) in [7, 11) is 0. The Bertz CT molecular complexity index is 921. The molecule has 2 atom stereocenters. The predicted molar refractivity (Wildman–Crippen MR) is 109 cm³/mol. The van der Waals surface area contributed by atoms with Gasteiger partial charge in [-0.2, -0.15) is 0 Å². The molecule has 25 heavy (non-hydrogen) atoms. The van der Waals surface area contributed by atoms with Gasteiger partial charge < -0.3 is 0 Å². The van der Waals surface area contributed by atoms with Crippen molar-refractivity contribution >= 4 is 15.9 Å². The van der Waals surface area contributed by atoms with Crippen LogP contribution in [0.3, 0.4) is 0 Å². The minimum atomic E-state index is -3.50. The standard InChI is InChI=1S/2C10H9.C2H4.2CH3.Hf/c2*1-8-6-9-4-2-3-5-10(9)7-8;1-2;;;/h2*2-7H,1H3;1H,2H3;2*1H3;. The second kappa shape index (κ2) is 5.58. The molecule has 0 saturated carbocycles. The zero-order valence-corrected chi connectivity index (χ0v) is 19.6. The summed E-state index contributed by atoms with van der Waals surface area (Å²) in [5.74, 6) is 0. The molecule has 0 heterocycles. The fraction of sp³-hybridized carbons (Fsp3) is 0.292. The van der Waals surface area contributed by atoms with Gasteiger partial charge in [0.25, 0.3) is 0 Å². The summed E-state index contributed by atoms with van der Waals surface area (Å²) in [5.41, 5.74) is 9.14. The van der Waals surface area contributed by atoms with Crippen LogP contribution in [-0.2, 0) is 18.0 Å². The minimum absolute atomic E-state index is 0.609. The molecule has 0 spiro atoms. The van der Waals surface area contributed by atoms with Crippen LogP contribution in [0.4, 0.5) is 0 Å². The van der Waals surface area contributed by atoms with Crippen LogP contribution in [0.1, 0.15) is 50.4 Å². The van der Waals surface area contributed by atoms with Crippen molar-refractivity contribution in [1.82, 2.24) is 0 Å². The molecular formula is C24H28Hf. The first-order valence-electron chi connectivity index (χ1n) is 9.41. The molecule has 0 aromatic heterocycles. The number of hydrogen-bond acceptors (Lipinski definition) is 0. The van der Waals surface area contributed by atoms with Gasteiger partial charge in [0.1, 0.15) is 0 Å². The van der Waals surface area contributed by atoms with E-state index in [2.05, 4.69) is 94.6 Å². The summed E-state index contributed by atoms with van der Waals surface area (Å²) in [6, 6.07) is 18.1. The molecule has 0 saturated heterocycles. The van der Waals surface area contributed by atoms with Gasteiger partial charge in [-0.1, -0.05) is 0 Å². The van der Waals surface area contributed by atoms with Gasteiger partial charge in [0.05, 0.1) is 0 Å². The molecular weight excluding hydrogens is 467 g/mol. The maximum atomic E-state index is 2.69. The average molecular weight is 495 g/mol. The molecule has 2 aliphatic rings. The van der Waals surface area contributed by atoms with Gasteiger partial charge in [0, 0.05) is 0 Å². The van der Waals surface area contributed by atoms with E-state index in [-0.39, 0.29) is 0 Å². The Kier molecular flexibility index (Phi) is 3.81. The van der Waals surface area contributed by atoms with Crippen LogP contribution in [0.2, 0.25) is 9.36 Å². The van der Waals surface area contributed by atoms with Crippen molar-refractivity contribution in [3.63, 3.8) is 0 Å². The van der Waals surface area contributed by atoms with Crippen LogP contribution < -0.4 is 0 Å². The number of benzene rings is 2. The summed E-state index contributed by atoms with van der Waals surface area (Å²) in [6.45, 7) is 7.06. The Morgan fingerprint density at radius 2 is 1.12 bits per heavy atom. The fourth-order valence-corrected chi connectivity index (χ4v) is 29.3.